The Balaban J connectivity index is 2.14. The first-order valence-electron chi connectivity index (χ1n) is 5.81. The summed E-state index contributed by atoms with van der Waals surface area (Å²) >= 11 is 9.12. The Morgan fingerprint density at radius 3 is 2.79 bits per heavy atom. The fourth-order valence-corrected chi connectivity index (χ4v) is 2.54. The number of rotatable bonds is 4. The molecule has 0 aliphatic heterocycles. The highest BCUT2D eigenvalue weighted by atomic mass is 79.9. The molecule has 0 aliphatic carbocycles. The van der Waals surface area contributed by atoms with E-state index in [1.54, 1.807) is 10.7 Å². The van der Waals surface area contributed by atoms with Gasteiger partial charge in [0.1, 0.15) is 18.2 Å². The second kappa shape index (κ2) is 5.92. The topological polar surface area (TPSA) is 27.1 Å². The van der Waals surface area contributed by atoms with Gasteiger partial charge in [-0.25, -0.2) is 4.39 Å². The first-order chi connectivity index (χ1) is 9.02. The van der Waals surface area contributed by atoms with Crippen LogP contribution in [0.4, 0.5) is 4.39 Å². The highest BCUT2D eigenvalue weighted by Gasteiger charge is 2.13. The molecule has 0 N–H and O–H groups in total. The fourth-order valence-electron chi connectivity index (χ4n) is 1.69. The summed E-state index contributed by atoms with van der Waals surface area (Å²) in [6.45, 7) is 2.34. The van der Waals surface area contributed by atoms with E-state index in [-0.39, 0.29) is 5.02 Å². The Morgan fingerprint density at radius 1 is 1.47 bits per heavy atom. The normalized spacial score (nSPS) is 10.8. The minimum atomic E-state index is -0.488. The molecule has 0 aliphatic rings. The van der Waals surface area contributed by atoms with Crippen molar-refractivity contribution in [1.82, 2.24) is 9.78 Å². The molecule has 0 fully saturated rings. The van der Waals surface area contributed by atoms with Gasteiger partial charge in [0.05, 0.1) is 20.9 Å². The molecule has 1 aromatic carbocycles. The number of ether oxygens (including phenoxy) is 1. The second-order valence-corrected chi connectivity index (χ2v) is 5.25. The van der Waals surface area contributed by atoms with Crippen molar-refractivity contribution in [3.63, 3.8) is 0 Å². The lowest BCUT2D eigenvalue weighted by Crippen LogP contribution is -2.03. The maximum Gasteiger partial charge on any atom is 0.145 e. The summed E-state index contributed by atoms with van der Waals surface area (Å²) in [5, 5.41) is 4.45. The van der Waals surface area contributed by atoms with Gasteiger partial charge in [-0.2, -0.15) is 5.10 Å². The van der Waals surface area contributed by atoms with E-state index in [2.05, 4.69) is 21.0 Å². The maximum atomic E-state index is 13.3. The molecule has 102 valence electrons. The van der Waals surface area contributed by atoms with Crippen LogP contribution in [-0.4, -0.2) is 9.78 Å². The van der Waals surface area contributed by atoms with Crippen LogP contribution >= 0.6 is 27.5 Å². The standard InChI is InChI=1S/C13H13BrClFN2O/c1-3-11-13(14)12(18(2)17-11)7-19-8-4-5-9(15)10(16)6-8/h4-6H,3,7H2,1-2H3. The van der Waals surface area contributed by atoms with E-state index in [9.17, 15) is 4.39 Å². The van der Waals surface area contributed by atoms with Crippen LogP contribution in [0.1, 0.15) is 18.3 Å². The van der Waals surface area contributed by atoms with Gasteiger partial charge in [0.2, 0.25) is 0 Å². The smallest absolute Gasteiger partial charge is 0.145 e. The number of benzene rings is 1. The molecule has 6 heteroatoms. The number of hydrogen-bond acceptors (Lipinski definition) is 2. The van der Waals surface area contributed by atoms with E-state index in [0.29, 0.717) is 12.4 Å². The first-order valence-corrected chi connectivity index (χ1v) is 6.98. The van der Waals surface area contributed by atoms with Gasteiger partial charge in [-0.3, -0.25) is 4.68 Å². The number of halogens is 3. The summed E-state index contributed by atoms with van der Waals surface area (Å²) in [7, 11) is 1.85. The zero-order valence-electron chi connectivity index (χ0n) is 10.6. The summed E-state index contributed by atoms with van der Waals surface area (Å²) in [5.41, 5.74) is 1.88. The second-order valence-electron chi connectivity index (χ2n) is 4.05. The molecule has 1 heterocycles. The molecule has 2 rings (SSSR count). The van der Waals surface area contributed by atoms with Crippen molar-refractivity contribution in [3.05, 3.63) is 44.9 Å². The average molecular weight is 348 g/mol. The van der Waals surface area contributed by atoms with Crippen LogP contribution in [0.25, 0.3) is 0 Å². The van der Waals surface area contributed by atoms with Crippen LogP contribution in [-0.2, 0) is 20.1 Å². The number of aryl methyl sites for hydroxylation is 2. The summed E-state index contributed by atoms with van der Waals surface area (Å²) < 4.78 is 21.5. The molecule has 3 nitrogen and oxygen atoms in total. The zero-order valence-corrected chi connectivity index (χ0v) is 12.9. The van der Waals surface area contributed by atoms with Crippen molar-refractivity contribution in [2.45, 2.75) is 20.0 Å². The lowest BCUT2D eigenvalue weighted by atomic mass is 10.3. The Kier molecular flexibility index (Phi) is 4.47. The van der Waals surface area contributed by atoms with Crippen molar-refractivity contribution in [3.8, 4) is 5.75 Å². The van der Waals surface area contributed by atoms with Crippen LogP contribution in [0.5, 0.6) is 5.75 Å². The van der Waals surface area contributed by atoms with E-state index < -0.39 is 5.82 Å². The quantitative estimate of drug-likeness (QED) is 0.832. The van der Waals surface area contributed by atoms with Gasteiger partial charge >= 0.3 is 0 Å². The summed E-state index contributed by atoms with van der Waals surface area (Å²) in [6, 6.07) is 4.38. The Morgan fingerprint density at radius 2 is 2.21 bits per heavy atom. The van der Waals surface area contributed by atoms with Gasteiger partial charge in [-0.05, 0) is 34.5 Å². The highest BCUT2D eigenvalue weighted by Crippen LogP contribution is 2.25. The minimum Gasteiger partial charge on any atom is -0.487 e. The largest absolute Gasteiger partial charge is 0.487 e. The molecule has 19 heavy (non-hydrogen) atoms. The van der Waals surface area contributed by atoms with Crippen molar-refractivity contribution >= 4 is 27.5 Å². The number of nitrogens with zero attached hydrogens (tertiary/aromatic N) is 2. The molecule has 0 saturated carbocycles. The lowest BCUT2D eigenvalue weighted by Gasteiger charge is -2.07. The van der Waals surface area contributed by atoms with E-state index in [4.69, 9.17) is 16.3 Å². The molecule has 2 aromatic rings. The van der Waals surface area contributed by atoms with Crippen molar-refractivity contribution in [2.24, 2.45) is 7.05 Å². The summed E-state index contributed by atoms with van der Waals surface area (Å²) in [6.07, 6.45) is 0.837. The van der Waals surface area contributed by atoms with E-state index in [1.165, 1.54) is 12.1 Å². The molecule has 0 bridgehead atoms. The third kappa shape index (κ3) is 3.09. The zero-order chi connectivity index (χ0) is 14.0. The number of hydrogen-bond donors (Lipinski definition) is 0. The predicted molar refractivity (Wildman–Crippen MR) is 76.0 cm³/mol. The molecular weight excluding hydrogens is 335 g/mol. The molecule has 0 radical (unpaired) electrons. The summed E-state index contributed by atoms with van der Waals surface area (Å²) in [5.74, 6) is -0.0504. The van der Waals surface area contributed by atoms with Crippen molar-refractivity contribution < 1.29 is 9.13 Å². The Bertz CT molecular complexity index is 601. The molecule has 0 atom stereocenters. The van der Waals surface area contributed by atoms with Gasteiger partial charge in [0.15, 0.2) is 0 Å². The minimum absolute atomic E-state index is 0.0855. The highest BCUT2D eigenvalue weighted by molar-refractivity contribution is 9.10. The molecule has 0 spiro atoms. The van der Waals surface area contributed by atoms with Gasteiger partial charge in [-0.15, -0.1) is 0 Å². The van der Waals surface area contributed by atoms with Gasteiger partial charge in [0.25, 0.3) is 0 Å². The summed E-state index contributed by atoms with van der Waals surface area (Å²) in [4.78, 5) is 0. The molecule has 0 unspecified atom stereocenters. The predicted octanol–water partition coefficient (Wildman–Crippen LogP) is 4.12. The lowest BCUT2D eigenvalue weighted by molar-refractivity contribution is 0.292. The number of aromatic nitrogens is 2. The van der Waals surface area contributed by atoms with E-state index >= 15 is 0 Å². The van der Waals surface area contributed by atoms with E-state index in [1.807, 2.05) is 14.0 Å². The molecule has 0 amide bonds. The maximum absolute atomic E-state index is 13.3. The van der Waals surface area contributed by atoms with Gasteiger partial charge < -0.3 is 4.74 Å². The third-order valence-electron chi connectivity index (χ3n) is 2.77. The first kappa shape index (κ1) is 14.3. The van der Waals surface area contributed by atoms with Crippen molar-refractivity contribution in [1.29, 1.82) is 0 Å². The SMILES string of the molecule is CCc1nn(C)c(COc2ccc(Cl)c(F)c2)c1Br. The molecule has 1 aromatic heterocycles. The van der Waals surface area contributed by atoms with Crippen LogP contribution in [0.15, 0.2) is 22.7 Å². The Labute approximate surface area is 124 Å². The average Bonchev–Trinajstić information content (AvgIpc) is 2.66. The van der Waals surface area contributed by atoms with Gasteiger partial charge in [-0.1, -0.05) is 18.5 Å². The van der Waals surface area contributed by atoms with Crippen LogP contribution in [0.3, 0.4) is 0 Å². The van der Waals surface area contributed by atoms with Crippen LogP contribution in [0, 0.1) is 5.82 Å². The van der Waals surface area contributed by atoms with E-state index in [0.717, 1.165) is 22.3 Å². The van der Waals surface area contributed by atoms with Crippen LogP contribution < -0.4 is 4.74 Å². The monoisotopic (exact) mass is 346 g/mol. The van der Waals surface area contributed by atoms with Crippen LogP contribution in [0.2, 0.25) is 5.02 Å². The fraction of sp³-hybridized carbons (Fsp3) is 0.308. The Hall–Kier alpha value is -1.07. The third-order valence-corrected chi connectivity index (χ3v) is 3.99. The van der Waals surface area contributed by atoms with Gasteiger partial charge in [0, 0.05) is 13.1 Å². The molecule has 0 saturated heterocycles. The molecular formula is C13H13BrClFN2O. The van der Waals surface area contributed by atoms with Crippen molar-refractivity contribution in [2.75, 3.05) is 0 Å².